The Morgan fingerprint density at radius 2 is 1.30 bits per heavy atom. The van der Waals surface area contributed by atoms with Crippen molar-refractivity contribution in [2.24, 2.45) is 10.2 Å². The summed E-state index contributed by atoms with van der Waals surface area (Å²) in [5.74, 6) is -1.09. The summed E-state index contributed by atoms with van der Waals surface area (Å²) in [5.41, 5.74) is 0.406. The van der Waals surface area contributed by atoms with Crippen LogP contribution in [0.25, 0.3) is 10.8 Å². The van der Waals surface area contributed by atoms with Gasteiger partial charge in [-0.2, -0.15) is 0 Å². The molecule has 30 heavy (non-hydrogen) atoms. The number of azo groups is 1. The molecular formula is C17H18CuN2O8S2. The minimum atomic E-state index is -4.48. The van der Waals surface area contributed by atoms with E-state index < -0.39 is 43.0 Å². The van der Waals surface area contributed by atoms with Crippen LogP contribution in [0.4, 0.5) is 11.4 Å². The molecule has 13 heteroatoms. The smallest absolute Gasteiger partial charge is 0.161 e. The van der Waals surface area contributed by atoms with Crippen molar-refractivity contribution in [1.82, 2.24) is 0 Å². The van der Waals surface area contributed by atoms with Gasteiger partial charge in [0, 0.05) is 22.5 Å². The second-order valence-electron chi connectivity index (χ2n) is 6.18. The predicted octanol–water partition coefficient (Wildman–Crippen LogP) is 6.14. The van der Waals surface area contributed by atoms with E-state index in [0.29, 0.717) is 11.5 Å². The molecule has 8 N–H and O–H groups in total. The molecule has 3 rings (SSSR count). The van der Waals surface area contributed by atoms with Crippen LogP contribution >= 0.6 is 21.7 Å². The summed E-state index contributed by atoms with van der Waals surface area (Å²) in [7, 11) is -8.82. The first-order valence-corrected chi connectivity index (χ1v) is 10.9. The maximum Gasteiger partial charge on any atom is 0.161 e. The number of nitrogens with zero attached hydrogens (tertiary/aromatic N) is 2. The van der Waals surface area contributed by atoms with E-state index in [1.165, 1.54) is 6.07 Å². The fourth-order valence-corrected chi connectivity index (χ4v) is 3.88. The number of phenols is 2. The summed E-state index contributed by atoms with van der Waals surface area (Å²) < 4.78 is 56.6. The van der Waals surface area contributed by atoms with Gasteiger partial charge in [-0.1, -0.05) is 23.8 Å². The zero-order chi connectivity index (χ0) is 21.6. The number of phenolic OH excluding ortho intramolecular Hbond substituents is 2. The van der Waals surface area contributed by atoms with E-state index in [1.54, 1.807) is 12.1 Å². The van der Waals surface area contributed by atoms with Crippen LogP contribution in [0.15, 0.2) is 62.5 Å². The summed E-state index contributed by atoms with van der Waals surface area (Å²) in [6.07, 6.45) is 0. The van der Waals surface area contributed by atoms with Gasteiger partial charge in [0.05, 0.1) is 4.90 Å². The quantitative estimate of drug-likeness (QED) is 0.153. The van der Waals surface area contributed by atoms with Gasteiger partial charge in [-0.25, -0.2) is 0 Å². The molecule has 167 valence electrons. The van der Waals surface area contributed by atoms with Crippen molar-refractivity contribution in [3.8, 4) is 11.5 Å². The van der Waals surface area contributed by atoms with Crippen molar-refractivity contribution in [1.29, 1.82) is 0 Å². The second kappa shape index (κ2) is 8.69. The van der Waals surface area contributed by atoms with E-state index in [2.05, 4.69) is 10.2 Å². The molecule has 0 saturated heterocycles. The largest absolute Gasteiger partial charge is 0.505 e. The van der Waals surface area contributed by atoms with E-state index >= 15 is 0 Å². The first kappa shape index (κ1) is 24.4. The molecule has 1 radical (unpaired) electrons. The summed E-state index contributed by atoms with van der Waals surface area (Å²) in [6, 6.07) is 10.0. The SMILES string of the molecule is Cc1ccc2ccc(N=Nc3cc(S(O)(O)O)cc(S(O)(O)O)c3O)c(O)c2c1.[Cu]. The maximum absolute atomic E-state index is 10.4. The van der Waals surface area contributed by atoms with Crippen LogP contribution in [0.3, 0.4) is 0 Å². The topological polar surface area (TPSA) is 187 Å². The predicted molar refractivity (Wildman–Crippen MR) is 110 cm³/mol. The molecule has 0 atom stereocenters. The van der Waals surface area contributed by atoms with Crippen LogP contribution < -0.4 is 0 Å². The third kappa shape index (κ3) is 5.04. The molecule has 0 heterocycles. The van der Waals surface area contributed by atoms with Crippen LogP contribution in [-0.4, -0.2) is 37.5 Å². The first-order valence-electron chi connectivity index (χ1n) is 7.90. The normalized spacial score (nSPS) is 13.4. The van der Waals surface area contributed by atoms with E-state index in [1.807, 2.05) is 19.1 Å². The van der Waals surface area contributed by atoms with Gasteiger partial charge in [0.1, 0.15) is 38.0 Å². The standard InChI is InChI=1S/C17H18N2O8S2.Cu/c1-9-2-3-10-4-5-13(16(20)12(10)6-9)18-19-14-7-11(28(22,23)24)8-15(17(14)21)29(25,26)27;/h2-8,20-27H,1H3;. The van der Waals surface area contributed by atoms with Gasteiger partial charge in [0.15, 0.2) is 11.5 Å². The van der Waals surface area contributed by atoms with Crippen molar-refractivity contribution in [2.45, 2.75) is 16.7 Å². The molecule has 0 saturated carbocycles. The molecular weight excluding hydrogens is 488 g/mol. The molecule has 0 aliphatic rings. The molecule has 0 aliphatic carbocycles. The fraction of sp³-hybridized carbons (Fsp3) is 0.0588. The van der Waals surface area contributed by atoms with Gasteiger partial charge in [0.25, 0.3) is 0 Å². The zero-order valence-electron chi connectivity index (χ0n) is 15.1. The Kier molecular flexibility index (Phi) is 7.06. The Morgan fingerprint density at radius 3 is 1.90 bits per heavy atom. The van der Waals surface area contributed by atoms with E-state index in [-0.39, 0.29) is 28.5 Å². The minimum absolute atomic E-state index is 0. The maximum atomic E-state index is 10.4. The molecule has 0 aromatic heterocycles. The van der Waals surface area contributed by atoms with Gasteiger partial charge in [-0.15, -0.1) is 10.2 Å². The Labute approximate surface area is 184 Å². The average Bonchev–Trinajstić information content (AvgIpc) is 2.60. The Bertz CT molecular complexity index is 1130. The zero-order valence-corrected chi connectivity index (χ0v) is 17.7. The van der Waals surface area contributed by atoms with Gasteiger partial charge in [0.2, 0.25) is 0 Å². The average molecular weight is 506 g/mol. The van der Waals surface area contributed by atoms with E-state index in [0.717, 1.165) is 17.0 Å². The number of hydrogen-bond acceptors (Lipinski definition) is 10. The van der Waals surface area contributed by atoms with Gasteiger partial charge >= 0.3 is 0 Å². The summed E-state index contributed by atoms with van der Waals surface area (Å²) >= 11 is 0. The van der Waals surface area contributed by atoms with Gasteiger partial charge in [-0.05, 0) is 36.6 Å². The van der Waals surface area contributed by atoms with Crippen molar-refractivity contribution in [3.63, 3.8) is 0 Å². The molecule has 0 spiro atoms. The van der Waals surface area contributed by atoms with Crippen LogP contribution in [-0.2, 0) is 17.1 Å². The van der Waals surface area contributed by atoms with Crippen molar-refractivity contribution < 1.29 is 54.6 Å². The van der Waals surface area contributed by atoms with E-state index in [4.69, 9.17) is 0 Å². The number of aryl methyl sites for hydroxylation is 1. The number of hydrogen-bond donors (Lipinski definition) is 8. The van der Waals surface area contributed by atoms with Crippen LogP contribution in [0.2, 0.25) is 0 Å². The van der Waals surface area contributed by atoms with Gasteiger partial charge < -0.3 is 37.5 Å². The molecule has 3 aromatic carbocycles. The fourth-order valence-electron chi connectivity index (χ4n) is 2.61. The number of rotatable bonds is 4. The molecule has 10 nitrogen and oxygen atoms in total. The number of aromatic hydroxyl groups is 2. The second-order valence-corrected chi connectivity index (χ2v) is 9.17. The molecule has 0 unspecified atom stereocenters. The van der Waals surface area contributed by atoms with Crippen molar-refractivity contribution >= 4 is 43.9 Å². The summed E-state index contributed by atoms with van der Waals surface area (Å²) in [5, 5.41) is 29.4. The number of fused-ring (bicyclic) bond motifs is 1. The summed E-state index contributed by atoms with van der Waals surface area (Å²) in [6.45, 7) is 1.85. The molecule has 0 fully saturated rings. The van der Waals surface area contributed by atoms with Crippen LogP contribution in [0.1, 0.15) is 5.56 Å². The van der Waals surface area contributed by atoms with Gasteiger partial charge in [-0.3, -0.25) is 0 Å². The molecule has 0 amide bonds. The molecule has 0 bridgehead atoms. The van der Waals surface area contributed by atoms with Crippen molar-refractivity contribution in [3.05, 3.63) is 48.0 Å². The molecule has 0 aliphatic heterocycles. The van der Waals surface area contributed by atoms with Crippen LogP contribution in [0, 0.1) is 6.92 Å². The number of benzene rings is 3. The summed E-state index contributed by atoms with van der Waals surface area (Å²) in [4.78, 5) is -1.51. The van der Waals surface area contributed by atoms with Crippen LogP contribution in [0.5, 0.6) is 11.5 Å². The third-order valence-electron chi connectivity index (χ3n) is 4.03. The Morgan fingerprint density at radius 1 is 0.700 bits per heavy atom. The Hall–Kier alpha value is -1.90. The third-order valence-corrected chi connectivity index (χ3v) is 5.80. The van der Waals surface area contributed by atoms with Crippen molar-refractivity contribution in [2.75, 3.05) is 0 Å². The first-order chi connectivity index (χ1) is 13.4. The minimum Gasteiger partial charge on any atom is -0.505 e. The Balaban J connectivity index is 0.00000320. The monoisotopic (exact) mass is 505 g/mol. The molecule has 3 aromatic rings. The van der Waals surface area contributed by atoms with E-state index in [9.17, 15) is 37.5 Å².